The second-order valence-corrected chi connectivity index (χ2v) is 4.09. The summed E-state index contributed by atoms with van der Waals surface area (Å²) >= 11 is 3.61. The van der Waals surface area contributed by atoms with Crippen molar-refractivity contribution in [3.05, 3.63) is 28.5 Å². The minimum atomic E-state index is 0.822. The van der Waals surface area contributed by atoms with Crippen molar-refractivity contribution in [3.63, 3.8) is 0 Å². The van der Waals surface area contributed by atoms with E-state index in [1.54, 1.807) is 0 Å². The van der Waals surface area contributed by atoms with Gasteiger partial charge in [-0.1, -0.05) is 13.0 Å². The lowest BCUT2D eigenvalue weighted by molar-refractivity contribution is 0.589. The lowest BCUT2D eigenvalue weighted by Crippen LogP contribution is -2.16. The first-order valence-corrected chi connectivity index (χ1v) is 6.09. The number of hydrogen-bond acceptors (Lipinski definition) is 2. The van der Waals surface area contributed by atoms with Gasteiger partial charge in [0, 0.05) is 19.6 Å². The van der Waals surface area contributed by atoms with Crippen LogP contribution in [0.4, 0.5) is 0 Å². The molecule has 0 unspecified atom stereocenters. The summed E-state index contributed by atoms with van der Waals surface area (Å²) in [6, 6.07) is 0. The van der Waals surface area contributed by atoms with Gasteiger partial charge in [0.2, 0.25) is 0 Å². The lowest BCUT2D eigenvalue weighted by Gasteiger charge is -2.05. The van der Waals surface area contributed by atoms with Crippen LogP contribution in [0.25, 0.3) is 0 Å². The molecule has 0 aliphatic carbocycles. The third-order valence-electron chi connectivity index (χ3n) is 2.28. The molecule has 0 bridgehead atoms. The molecule has 0 fully saturated rings. The van der Waals surface area contributed by atoms with Crippen LogP contribution in [0.15, 0.2) is 17.1 Å². The maximum Gasteiger partial charge on any atom is 0.0767 e. The molecule has 4 heteroatoms. The highest BCUT2D eigenvalue weighted by molar-refractivity contribution is 9.10. The topological polar surface area (TPSA) is 29.9 Å². The lowest BCUT2D eigenvalue weighted by atomic mass is 10.3. The zero-order valence-electron chi connectivity index (χ0n) is 9.39. The molecule has 1 N–H and O–H groups in total. The molecule has 3 nitrogen and oxygen atoms in total. The monoisotopic (exact) mass is 271 g/mol. The van der Waals surface area contributed by atoms with Crippen molar-refractivity contribution < 1.29 is 0 Å². The van der Waals surface area contributed by atoms with E-state index in [2.05, 4.69) is 46.8 Å². The van der Waals surface area contributed by atoms with Gasteiger partial charge in [-0.25, -0.2) is 0 Å². The number of aryl methyl sites for hydroxylation is 2. The summed E-state index contributed by atoms with van der Waals surface area (Å²) in [4.78, 5) is 0. The summed E-state index contributed by atoms with van der Waals surface area (Å²) < 4.78 is 3.18. The Morgan fingerprint density at radius 2 is 2.27 bits per heavy atom. The number of nitrogens with zero attached hydrogens (tertiary/aromatic N) is 2. The molecule has 1 aromatic rings. The Morgan fingerprint density at radius 3 is 2.80 bits per heavy atom. The molecule has 0 aliphatic heterocycles. The average Bonchev–Trinajstić information content (AvgIpc) is 2.56. The molecule has 84 valence electrons. The molecular formula is C11H18BrN3. The first-order chi connectivity index (χ1) is 7.24. The number of nitrogens with one attached hydrogen (secondary N) is 1. The summed E-state index contributed by atoms with van der Waals surface area (Å²) in [5.41, 5.74) is 2.35. The van der Waals surface area contributed by atoms with E-state index < -0.39 is 0 Å². The van der Waals surface area contributed by atoms with Crippen molar-refractivity contribution in [3.8, 4) is 0 Å². The zero-order valence-corrected chi connectivity index (χ0v) is 11.0. The minimum absolute atomic E-state index is 0.822. The molecular weight excluding hydrogens is 254 g/mol. The highest BCUT2D eigenvalue weighted by Crippen LogP contribution is 2.21. The Labute approximate surface area is 99.7 Å². The Morgan fingerprint density at radius 1 is 1.53 bits per heavy atom. The Bertz CT molecular complexity index is 331. The van der Waals surface area contributed by atoms with Crippen LogP contribution in [-0.4, -0.2) is 16.3 Å². The fourth-order valence-corrected chi connectivity index (χ4v) is 2.18. The normalized spacial score (nSPS) is 10.6. The van der Waals surface area contributed by atoms with Crippen molar-refractivity contribution in [2.75, 3.05) is 6.54 Å². The maximum absolute atomic E-state index is 4.53. The maximum atomic E-state index is 4.53. The largest absolute Gasteiger partial charge is 0.308 e. The van der Waals surface area contributed by atoms with E-state index >= 15 is 0 Å². The summed E-state index contributed by atoms with van der Waals surface area (Å²) in [5, 5.41) is 7.82. The molecule has 0 aromatic carbocycles. The molecule has 0 aliphatic rings. The fourth-order valence-electron chi connectivity index (χ4n) is 1.48. The van der Waals surface area contributed by atoms with Crippen LogP contribution in [0, 0.1) is 0 Å². The molecule has 0 radical (unpaired) electrons. The van der Waals surface area contributed by atoms with Gasteiger partial charge in [-0.15, -0.1) is 6.58 Å². The van der Waals surface area contributed by atoms with Crippen molar-refractivity contribution in [2.45, 2.75) is 33.4 Å². The third kappa shape index (κ3) is 2.92. The Hall–Kier alpha value is -0.610. The van der Waals surface area contributed by atoms with Gasteiger partial charge < -0.3 is 5.32 Å². The second kappa shape index (κ2) is 6.08. The Kier molecular flexibility index (Phi) is 5.05. The van der Waals surface area contributed by atoms with Crippen LogP contribution < -0.4 is 5.32 Å². The Balaban J connectivity index is 2.83. The van der Waals surface area contributed by atoms with Crippen LogP contribution in [0.2, 0.25) is 0 Å². The SMILES string of the molecule is C=CCNCc1c(Br)c(CC)nn1CC. The molecule has 0 atom stereocenters. The van der Waals surface area contributed by atoms with Crippen molar-refractivity contribution in [1.82, 2.24) is 15.1 Å². The summed E-state index contributed by atoms with van der Waals surface area (Å²) in [6.07, 6.45) is 2.82. The van der Waals surface area contributed by atoms with E-state index in [9.17, 15) is 0 Å². The molecule has 0 spiro atoms. The summed E-state index contributed by atoms with van der Waals surface area (Å²) in [7, 11) is 0. The fraction of sp³-hybridized carbons (Fsp3) is 0.545. The molecule has 1 rings (SSSR count). The number of halogens is 1. The van der Waals surface area contributed by atoms with E-state index in [-0.39, 0.29) is 0 Å². The van der Waals surface area contributed by atoms with E-state index in [4.69, 9.17) is 0 Å². The second-order valence-electron chi connectivity index (χ2n) is 3.30. The molecule has 1 aromatic heterocycles. The smallest absolute Gasteiger partial charge is 0.0767 e. The molecule has 15 heavy (non-hydrogen) atoms. The van der Waals surface area contributed by atoms with Gasteiger partial charge in [-0.2, -0.15) is 5.10 Å². The number of hydrogen-bond donors (Lipinski definition) is 1. The average molecular weight is 272 g/mol. The van der Waals surface area contributed by atoms with Crippen LogP contribution in [-0.2, 0) is 19.5 Å². The van der Waals surface area contributed by atoms with Gasteiger partial charge in [-0.05, 0) is 29.3 Å². The van der Waals surface area contributed by atoms with Crippen LogP contribution >= 0.6 is 15.9 Å². The standard InChI is InChI=1S/C11H18BrN3/c1-4-7-13-8-10-11(12)9(5-2)14-15(10)6-3/h4,13H,1,5-8H2,2-3H3. The van der Waals surface area contributed by atoms with Crippen molar-refractivity contribution in [1.29, 1.82) is 0 Å². The highest BCUT2D eigenvalue weighted by Gasteiger charge is 2.12. The summed E-state index contributed by atoms with van der Waals surface area (Å²) in [6.45, 7) is 10.5. The van der Waals surface area contributed by atoms with E-state index in [1.165, 1.54) is 5.69 Å². The zero-order chi connectivity index (χ0) is 11.3. The minimum Gasteiger partial charge on any atom is -0.308 e. The number of rotatable bonds is 6. The van der Waals surface area contributed by atoms with Crippen molar-refractivity contribution >= 4 is 15.9 Å². The first-order valence-electron chi connectivity index (χ1n) is 5.30. The third-order valence-corrected chi connectivity index (χ3v) is 3.19. The van der Waals surface area contributed by atoms with E-state index in [0.29, 0.717) is 0 Å². The van der Waals surface area contributed by atoms with Gasteiger partial charge in [-0.3, -0.25) is 4.68 Å². The molecule has 0 saturated heterocycles. The quantitative estimate of drug-likeness (QED) is 0.637. The highest BCUT2D eigenvalue weighted by atomic mass is 79.9. The van der Waals surface area contributed by atoms with Gasteiger partial charge >= 0.3 is 0 Å². The van der Waals surface area contributed by atoms with Crippen LogP contribution in [0.5, 0.6) is 0 Å². The molecule has 0 amide bonds. The van der Waals surface area contributed by atoms with E-state index in [1.807, 2.05) is 10.8 Å². The number of aromatic nitrogens is 2. The molecule has 0 saturated carbocycles. The van der Waals surface area contributed by atoms with Crippen LogP contribution in [0.1, 0.15) is 25.2 Å². The summed E-state index contributed by atoms with van der Waals surface area (Å²) in [5.74, 6) is 0. The van der Waals surface area contributed by atoms with Crippen molar-refractivity contribution in [2.24, 2.45) is 0 Å². The predicted molar refractivity (Wildman–Crippen MR) is 66.9 cm³/mol. The molecule has 1 heterocycles. The van der Waals surface area contributed by atoms with Gasteiger partial charge in [0.05, 0.1) is 15.9 Å². The predicted octanol–water partition coefficient (Wildman–Crippen LogP) is 2.50. The van der Waals surface area contributed by atoms with E-state index in [0.717, 1.165) is 36.2 Å². The van der Waals surface area contributed by atoms with Gasteiger partial charge in [0.15, 0.2) is 0 Å². The first kappa shape index (κ1) is 12.5. The van der Waals surface area contributed by atoms with Gasteiger partial charge in [0.1, 0.15) is 0 Å². The van der Waals surface area contributed by atoms with Gasteiger partial charge in [0.25, 0.3) is 0 Å². The van der Waals surface area contributed by atoms with Crippen LogP contribution in [0.3, 0.4) is 0 Å².